The summed E-state index contributed by atoms with van der Waals surface area (Å²) < 4.78 is 0.637. The molecule has 0 fully saturated rings. The van der Waals surface area contributed by atoms with Gasteiger partial charge in [0.2, 0.25) is 16.9 Å². The van der Waals surface area contributed by atoms with Crippen LogP contribution in [0.4, 0.5) is 10.8 Å². The molecule has 30 heavy (non-hydrogen) atoms. The van der Waals surface area contributed by atoms with Gasteiger partial charge in [0.25, 0.3) is 0 Å². The third kappa shape index (κ3) is 7.16. The minimum absolute atomic E-state index is 0.106. The van der Waals surface area contributed by atoms with Crippen molar-refractivity contribution < 1.29 is 9.59 Å². The van der Waals surface area contributed by atoms with Crippen LogP contribution in [0.5, 0.6) is 0 Å². The predicted molar refractivity (Wildman–Crippen MR) is 126 cm³/mol. The van der Waals surface area contributed by atoms with E-state index in [1.54, 1.807) is 11.8 Å². The Hall–Kier alpha value is -2.36. The highest BCUT2D eigenvalue weighted by molar-refractivity contribution is 8.01. The maximum absolute atomic E-state index is 12.2. The highest BCUT2D eigenvalue weighted by Gasteiger charge is 2.11. The molecule has 0 atom stereocenters. The first kappa shape index (κ1) is 22.3. The number of aryl methyl sites for hydroxylation is 2. The fourth-order valence-corrected chi connectivity index (χ4v) is 4.93. The molecule has 0 saturated heterocycles. The summed E-state index contributed by atoms with van der Waals surface area (Å²) in [6.45, 7) is 3.98. The molecule has 2 N–H and O–H groups in total. The number of nitrogens with one attached hydrogen (secondary N) is 2. The third-order valence-electron chi connectivity index (χ3n) is 3.98. The molecule has 0 radical (unpaired) electrons. The summed E-state index contributed by atoms with van der Waals surface area (Å²) >= 11 is 4.10. The average molecular weight is 459 g/mol. The number of thioether (sulfide) groups is 2. The third-order valence-corrected chi connectivity index (χ3v) is 6.96. The molecule has 156 valence electrons. The molecule has 0 bridgehead atoms. The largest absolute Gasteiger partial charge is 0.325 e. The summed E-state index contributed by atoms with van der Waals surface area (Å²) in [5.41, 5.74) is 4.18. The van der Waals surface area contributed by atoms with Crippen LogP contribution in [0.1, 0.15) is 16.7 Å². The lowest BCUT2D eigenvalue weighted by Gasteiger charge is -2.08. The van der Waals surface area contributed by atoms with Crippen LogP contribution < -0.4 is 10.6 Å². The summed E-state index contributed by atoms with van der Waals surface area (Å²) in [6, 6.07) is 15.9. The van der Waals surface area contributed by atoms with E-state index in [9.17, 15) is 9.59 Å². The maximum Gasteiger partial charge on any atom is 0.236 e. The average Bonchev–Trinajstić information content (AvgIpc) is 3.16. The van der Waals surface area contributed by atoms with E-state index in [0.717, 1.165) is 22.6 Å². The Morgan fingerprint density at radius 2 is 1.73 bits per heavy atom. The van der Waals surface area contributed by atoms with Gasteiger partial charge in [0.1, 0.15) is 0 Å². The second-order valence-electron chi connectivity index (χ2n) is 6.55. The van der Waals surface area contributed by atoms with E-state index in [0.29, 0.717) is 15.2 Å². The maximum atomic E-state index is 12.2. The molecular formula is C21H22N4O2S3. The molecule has 0 spiro atoms. The zero-order valence-electron chi connectivity index (χ0n) is 16.7. The number of rotatable bonds is 9. The van der Waals surface area contributed by atoms with Crippen LogP contribution in [-0.2, 0) is 15.3 Å². The molecule has 0 aliphatic rings. The smallest absolute Gasteiger partial charge is 0.236 e. The molecule has 0 aliphatic heterocycles. The quantitative estimate of drug-likeness (QED) is 0.355. The minimum atomic E-state index is -0.115. The van der Waals surface area contributed by atoms with E-state index in [2.05, 4.69) is 20.8 Å². The molecule has 6 nitrogen and oxygen atoms in total. The Morgan fingerprint density at radius 3 is 2.50 bits per heavy atom. The van der Waals surface area contributed by atoms with Crippen molar-refractivity contribution >= 4 is 57.5 Å². The van der Waals surface area contributed by atoms with Gasteiger partial charge in [0.15, 0.2) is 4.34 Å². The summed E-state index contributed by atoms with van der Waals surface area (Å²) in [4.78, 5) is 24.3. The Kier molecular flexibility index (Phi) is 8.30. The van der Waals surface area contributed by atoms with Crippen molar-refractivity contribution in [3.05, 3.63) is 65.2 Å². The van der Waals surface area contributed by atoms with Crippen LogP contribution in [0.15, 0.2) is 52.9 Å². The van der Waals surface area contributed by atoms with Crippen molar-refractivity contribution in [2.75, 3.05) is 22.1 Å². The van der Waals surface area contributed by atoms with Gasteiger partial charge in [-0.1, -0.05) is 71.1 Å². The van der Waals surface area contributed by atoms with Gasteiger partial charge in [-0.2, -0.15) is 0 Å². The molecule has 3 rings (SSSR count). The summed E-state index contributed by atoms with van der Waals surface area (Å²) in [5, 5.41) is 14.1. The Morgan fingerprint density at radius 1 is 0.967 bits per heavy atom. The fraction of sp³-hybridized carbons (Fsp3) is 0.238. The number of anilines is 2. The van der Waals surface area contributed by atoms with Gasteiger partial charge in [-0.3, -0.25) is 14.9 Å². The Balaban J connectivity index is 1.40. The van der Waals surface area contributed by atoms with E-state index >= 15 is 0 Å². The molecule has 1 aromatic heterocycles. The van der Waals surface area contributed by atoms with E-state index in [1.807, 2.05) is 62.4 Å². The van der Waals surface area contributed by atoms with E-state index < -0.39 is 0 Å². The second-order valence-corrected chi connectivity index (χ2v) is 9.74. The van der Waals surface area contributed by atoms with Gasteiger partial charge in [0.05, 0.1) is 11.5 Å². The molecule has 2 amide bonds. The topological polar surface area (TPSA) is 84.0 Å². The van der Waals surface area contributed by atoms with Crippen LogP contribution >= 0.6 is 34.9 Å². The number of hydrogen-bond donors (Lipinski definition) is 2. The molecule has 2 aromatic carbocycles. The van der Waals surface area contributed by atoms with Gasteiger partial charge in [-0.25, -0.2) is 0 Å². The van der Waals surface area contributed by atoms with Gasteiger partial charge in [-0.15, -0.1) is 22.0 Å². The molecule has 1 heterocycles. The van der Waals surface area contributed by atoms with Crippen molar-refractivity contribution in [3.63, 3.8) is 0 Å². The number of carbonyl (C=O) groups is 2. The number of hydrogen-bond acceptors (Lipinski definition) is 7. The zero-order valence-corrected chi connectivity index (χ0v) is 19.1. The van der Waals surface area contributed by atoms with Crippen LogP contribution in [0, 0.1) is 13.8 Å². The van der Waals surface area contributed by atoms with Crippen LogP contribution in [0.25, 0.3) is 0 Å². The molecule has 9 heteroatoms. The monoisotopic (exact) mass is 458 g/mol. The number of nitrogens with zero attached hydrogens (tertiary/aromatic N) is 2. The van der Waals surface area contributed by atoms with Crippen molar-refractivity contribution in [3.8, 4) is 0 Å². The van der Waals surface area contributed by atoms with Crippen LogP contribution in [-0.4, -0.2) is 33.5 Å². The van der Waals surface area contributed by atoms with Crippen LogP contribution in [0.2, 0.25) is 0 Å². The normalized spacial score (nSPS) is 10.6. The van der Waals surface area contributed by atoms with Crippen molar-refractivity contribution in [1.29, 1.82) is 0 Å². The first-order valence-electron chi connectivity index (χ1n) is 9.24. The van der Waals surface area contributed by atoms with Crippen LogP contribution in [0.3, 0.4) is 0 Å². The molecule has 3 aromatic rings. The highest BCUT2D eigenvalue weighted by Crippen LogP contribution is 2.26. The van der Waals surface area contributed by atoms with E-state index in [-0.39, 0.29) is 17.6 Å². The first-order chi connectivity index (χ1) is 14.5. The predicted octanol–water partition coefficient (Wildman–Crippen LogP) is 4.76. The summed E-state index contributed by atoms with van der Waals surface area (Å²) in [6.07, 6.45) is 0. The van der Waals surface area contributed by atoms with Gasteiger partial charge >= 0.3 is 0 Å². The zero-order chi connectivity index (χ0) is 21.3. The number of carbonyl (C=O) groups excluding carboxylic acids is 2. The molecule has 0 saturated carbocycles. The fourth-order valence-electron chi connectivity index (χ4n) is 2.58. The van der Waals surface area contributed by atoms with Crippen molar-refractivity contribution in [1.82, 2.24) is 10.2 Å². The number of amides is 2. The number of aromatic nitrogens is 2. The van der Waals surface area contributed by atoms with E-state index in [4.69, 9.17) is 0 Å². The summed E-state index contributed by atoms with van der Waals surface area (Å²) in [7, 11) is 0. The van der Waals surface area contributed by atoms with Gasteiger partial charge < -0.3 is 5.32 Å². The lowest BCUT2D eigenvalue weighted by atomic mass is 10.1. The molecule has 0 aliphatic carbocycles. The Bertz CT molecular complexity index is 1010. The highest BCUT2D eigenvalue weighted by atomic mass is 32.2. The lowest BCUT2D eigenvalue weighted by molar-refractivity contribution is -0.114. The van der Waals surface area contributed by atoms with E-state index in [1.165, 1.54) is 28.7 Å². The van der Waals surface area contributed by atoms with Crippen molar-refractivity contribution in [2.45, 2.75) is 23.9 Å². The Labute approximate surface area is 188 Å². The SMILES string of the molecule is Cc1ccc(NC(=O)CSc2nnc(NC(=O)CSCc3ccccc3)s2)c(C)c1. The van der Waals surface area contributed by atoms with Gasteiger partial charge in [-0.05, 0) is 31.0 Å². The summed E-state index contributed by atoms with van der Waals surface area (Å²) in [5.74, 6) is 1.13. The lowest BCUT2D eigenvalue weighted by Crippen LogP contribution is -2.14. The second kappa shape index (κ2) is 11.1. The first-order valence-corrected chi connectivity index (χ1v) is 12.2. The number of benzene rings is 2. The van der Waals surface area contributed by atoms with Gasteiger partial charge in [0, 0.05) is 11.4 Å². The minimum Gasteiger partial charge on any atom is -0.325 e. The molecular weight excluding hydrogens is 436 g/mol. The van der Waals surface area contributed by atoms with Crippen molar-refractivity contribution in [2.24, 2.45) is 0 Å². The molecule has 0 unspecified atom stereocenters. The standard InChI is InChI=1S/C21H22N4O2S3/c1-14-8-9-17(15(2)10-14)22-19(27)13-29-21-25-24-20(30-21)23-18(26)12-28-11-16-6-4-3-5-7-16/h3-10H,11-13H2,1-2H3,(H,22,27)(H,23,24,26).